The van der Waals surface area contributed by atoms with Gasteiger partial charge in [-0.05, 0) is 18.9 Å². The largest absolute Gasteiger partial charge is 0.481 e. The van der Waals surface area contributed by atoms with Crippen LogP contribution in [0.4, 0.5) is 0 Å². The Balaban J connectivity index is 0.000000640. The fraction of sp³-hybridized carbons (Fsp3) is 0.800. The van der Waals surface area contributed by atoms with Crippen LogP contribution in [0.2, 0.25) is 0 Å². The van der Waals surface area contributed by atoms with Crippen molar-refractivity contribution in [1.29, 1.82) is 0 Å². The van der Waals surface area contributed by atoms with Crippen LogP contribution < -0.4 is 5.73 Å². The average molecular weight is 152 g/mol. The van der Waals surface area contributed by atoms with Crippen molar-refractivity contribution < 1.29 is 9.90 Å². The number of hydrogen-bond acceptors (Lipinski definition) is 2. The van der Waals surface area contributed by atoms with E-state index in [0.29, 0.717) is 6.54 Å². The molecule has 54 valence electrons. The van der Waals surface area contributed by atoms with E-state index >= 15 is 0 Å². The molecule has 2 atom stereocenters. The van der Waals surface area contributed by atoms with Crippen LogP contribution in [0, 0.1) is 11.8 Å². The Bertz CT molecular complexity index is 118. The van der Waals surface area contributed by atoms with Gasteiger partial charge in [-0.2, -0.15) is 0 Å². The van der Waals surface area contributed by atoms with E-state index in [2.05, 4.69) is 0 Å². The van der Waals surface area contributed by atoms with E-state index in [0.717, 1.165) is 6.42 Å². The standard InChI is InChI=1S/C5H9NO2.ClH/c6-2-3-1-4(3)5(7)8;/h3-4H,1-2,6H2,(H,7,8);1H/t3-,4-;/m0./s1. The lowest BCUT2D eigenvalue weighted by atomic mass is 10.3. The highest BCUT2D eigenvalue weighted by Gasteiger charge is 2.41. The van der Waals surface area contributed by atoms with Crippen molar-refractivity contribution >= 4 is 18.4 Å². The van der Waals surface area contributed by atoms with Gasteiger partial charge in [0.15, 0.2) is 0 Å². The molecule has 0 bridgehead atoms. The first-order valence-electron chi connectivity index (χ1n) is 2.68. The lowest BCUT2D eigenvalue weighted by Crippen LogP contribution is -2.07. The van der Waals surface area contributed by atoms with Gasteiger partial charge in [0.05, 0.1) is 5.92 Å². The van der Waals surface area contributed by atoms with E-state index in [1.807, 2.05) is 0 Å². The molecule has 0 unspecified atom stereocenters. The van der Waals surface area contributed by atoms with E-state index in [1.54, 1.807) is 0 Å². The predicted octanol–water partition coefficient (Wildman–Crippen LogP) is 0.0876. The summed E-state index contributed by atoms with van der Waals surface area (Å²) in [5, 5.41) is 8.30. The second kappa shape index (κ2) is 3.03. The minimum atomic E-state index is -0.694. The van der Waals surface area contributed by atoms with Crippen molar-refractivity contribution in [3.8, 4) is 0 Å². The quantitative estimate of drug-likeness (QED) is 0.588. The van der Waals surface area contributed by atoms with Gasteiger partial charge in [-0.15, -0.1) is 12.4 Å². The fourth-order valence-corrected chi connectivity index (χ4v) is 0.811. The minimum Gasteiger partial charge on any atom is -0.481 e. The van der Waals surface area contributed by atoms with Gasteiger partial charge in [0.1, 0.15) is 0 Å². The Hall–Kier alpha value is -0.280. The highest BCUT2D eigenvalue weighted by atomic mass is 35.5. The van der Waals surface area contributed by atoms with Crippen molar-refractivity contribution in [2.45, 2.75) is 6.42 Å². The van der Waals surface area contributed by atoms with Crippen LogP contribution in [0.5, 0.6) is 0 Å². The highest BCUT2D eigenvalue weighted by molar-refractivity contribution is 5.85. The van der Waals surface area contributed by atoms with Crippen molar-refractivity contribution in [2.24, 2.45) is 17.6 Å². The number of carbonyl (C=O) groups is 1. The molecule has 0 aliphatic heterocycles. The monoisotopic (exact) mass is 151 g/mol. The number of aliphatic carboxylic acids is 1. The van der Waals surface area contributed by atoms with E-state index < -0.39 is 5.97 Å². The number of carboxylic acid groups (broad SMARTS) is 1. The normalized spacial score (nSPS) is 30.8. The molecule has 0 amide bonds. The predicted molar refractivity (Wildman–Crippen MR) is 35.5 cm³/mol. The van der Waals surface area contributed by atoms with E-state index in [4.69, 9.17) is 10.8 Å². The van der Waals surface area contributed by atoms with E-state index in [9.17, 15) is 4.79 Å². The highest BCUT2D eigenvalue weighted by Crippen LogP contribution is 2.37. The number of carboxylic acids is 1. The van der Waals surface area contributed by atoms with Crippen LogP contribution in [-0.4, -0.2) is 17.6 Å². The van der Waals surface area contributed by atoms with Gasteiger partial charge in [0, 0.05) is 0 Å². The van der Waals surface area contributed by atoms with Crippen LogP contribution >= 0.6 is 12.4 Å². The summed E-state index contributed by atoms with van der Waals surface area (Å²) in [6.07, 6.45) is 0.784. The molecule has 1 fully saturated rings. The lowest BCUT2D eigenvalue weighted by Gasteiger charge is -1.85. The SMILES string of the molecule is Cl.NC[C@@H]1C[C@@H]1C(=O)O. The van der Waals surface area contributed by atoms with E-state index in [1.165, 1.54) is 0 Å². The third-order valence-corrected chi connectivity index (χ3v) is 1.54. The van der Waals surface area contributed by atoms with Gasteiger partial charge in [-0.25, -0.2) is 0 Å². The maximum atomic E-state index is 10.1. The summed E-state index contributed by atoms with van der Waals surface area (Å²) in [6, 6.07) is 0. The van der Waals surface area contributed by atoms with Crippen molar-refractivity contribution in [1.82, 2.24) is 0 Å². The van der Waals surface area contributed by atoms with Crippen LogP contribution in [0.1, 0.15) is 6.42 Å². The second-order valence-electron chi connectivity index (χ2n) is 2.18. The van der Waals surface area contributed by atoms with Crippen LogP contribution in [0.15, 0.2) is 0 Å². The smallest absolute Gasteiger partial charge is 0.306 e. The molecule has 0 spiro atoms. The molecule has 0 heterocycles. The van der Waals surface area contributed by atoms with Gasteiger partial charge in [0.25, 0.3) is 0 Å². The van der Waals surface area contributed by atoms with Crippen LogP contribution in [0.25, 0.3) is 0 Å². The third-order valence-electron chi connectivity index (χ3n) is 1.54. The molecule has 3 nitrogen and oxygen atoms in total. The van der Waals surface area contributed by atoms with Gasteiger partial charge in [0.2, 0.25) is 0 Å². The van der Waals surface area contributed by atoms with Gasteiger partial charge in [-0.1, -0.05) is 0 Å². The number of rotatable bonds is 2. The summed E-state index contributed by atoms with van der Waals surface area (Å²) in [5.41, 5.74) is 5.20. The van der Waals surface area contributed by atoms with Crippen molar-refractivity contribution in [3.05, 3.63) is 0 Å². The van der Waals surface area contributed by atoms with E-state index in [-0.39, 0.29) is 24.2 Å². The minimum absolute atomic E-state index is 0. The maximum absolute atomic E-state index is 10.1. The first-order valence-corrected chi connectivity index (χ1v) is 2.68. The molecule has 1 saturated carbocycles. The lowest BCUT2D eigenvalue weighted by molar-refractivity contribution is -0.138. The molecule has 0 radical (unpaired) electrons. The number of nitrogens with two attached hydrogens (primary N) is 1. The molecule has 1 rings (SSSR count). The first-order chi connectivity index (χ1) is 3.75. The Morgan fingerprint density at radius 1 is 1.78 bits per heavy atom. The number of halogens is 1. The molecule has 0 aromatic rings. The molecule has 0 aromatic heterocycles. The van der Waals surface area contributed by atoms with Crippen molar-refractivity contribution in [2.75, 3.05) is 6.54 Å². The zero-order valence-corrected chi connectivity index (χ0v) is 5.73. The molecule has 0 saturated heterocycles. The first kappa shape index (κ1) is 8.72. The van der Waals surface area contributed by atoms with Gasteiger partial charge >= 0.3 is 5.97 Å². The van der Waals surface area contributed by atoms with Crippen LogP contribution in [0.3, 0.4) is 0 Å². The molecular formula is C5H10ClNO2. The molecule has 9 heavy (non-hydrogen) atoms. The number of hydrogen-bond donors (Lipinski definition) is 2. The summed E-state index contributed by atoms with van der Waals surface area (Å²) in [5.74, 6) is -0.548. The molecular weight excluding hydrogens is 142 g/mol. The topological polar surface area (TPSA) is 63.3 Å². The maximum Gasteiger partial charge on any atom is 0.306 e. The molecule has 3 N–H and O–H groups in total. The summed E-state index contributed by atoms with van der Waals surface area (Å²) in [7, 11) is 0. The average Bonchev–Trinajstić information content (AvgIpc) is 2.42. The fourth-order valence-electron chi connectivity index (χ4n) is 0.811. The Kier molecular flexibility index (Phi) is 2.94. The second-order valence-corrected chi connectivity index (χ2v) is 2.18. The molecule has 1 aliphatic rings. The van der Waals surface area contributed by atoms with Crippen molar-refractivity contribution in [3.63, 3.8) is 0 Å². The Morgan fingerprint density at radius 3 is 2.44 bits per heavy atom. The van der Waals surface area contributed by atoms with Crippen LogP contribution in [-0.2, 0) is 4.79 Å². The zero-order valence-electron chi connectivity index (χ0n) is 4.91. The molecule has 4 heteroatoms. The molecule has 0 aromatic carbocycles. The van der Waals surface area contributed by atoms with Gasteiger partial charge < -0.3 is 10.8 Å². The Labute approximate surface area is 59.6 Å². The zero-order chi connectivity index (χ0) is 6.15. The molecule has 1 aliphatic carbocycles. The van der Waals surface area contributed by atoms with Gasteiger partial charge in [-0.3, -0.25) is 4.79 Å². The third kappa shape index (κ3) is 1.84. The summed E-state index contributed by atoms with van der Waals surface area (Å²) < 4.78 is 0. The summed E-state index contributed by atoms with van der Waals surface area (Å²) >= 11 is 0. The summed E-state index contributed by atoms with van der Waals surface area (Å²) in [4.78, 5) is 10.1. The summed E-state index contributed by atoms with van der Waals surface area (Å²) in [6.45, 7) is 0.525. The Morgan fingerprint density at radius 2 is 2.33 bits per heavy atom.